The molecule has 1 N–H and O–H groups in total. The Morgan fingerprint density at radius 1 is 1.24 bits per heavy atom. The van der Waals surface area contributed by atoms with Crippen molar-refractivity contribution in [2.45, 2.75) is 18.1 Å². The van der Waals surface area contributed by atoms with E-state index in [1.165, 1.54) is 0 Å². The van der Waals surface area contributed by atoms with E-state index < -0.39 is 38.4 Å². The number of nitrogens with one attached hydrogen (secondary N) is 1. The summed E-state index contributed by atoms with van der Waals surface area (Å²) in [5.74, 6) is -3.13. The molecule has 2 aromatic rings. The van der Waals surface area contributed by atoms with E-state index in [-0.39, 0.29) is 29.0 Å². The molecule has 1 atom stereocenters. The van der Waals surface area contributed by atoms with Crippen LogP contribution in [0.4, 0.5) is 14.5 Å². The molecule has 0 saturated heterocycles. The third-order valence-electron chi connectivity index (χ3n) is 4.11. The molecule has 8 heteroatoms. The number of fused-ring (bicyclic) bond motifs is 1. The number of para-hydroxylation sites is 1. The van der Waals surface area contributed by atoms with E-state index in [1.807, 2.05) is 0 Å². The number of carbonyl (C=O) groups is 1. The summed E-state index contributed by atoms with van der Waals surface area (Å²) in [6.07, 6.45) is 0.314. The summed E-state index contributed by atoms with van der Waals surface area (Å²) in [7, 11) is -3.93. The lowest BCUT2D eigenvalue weighted by atomic mass is 10.1. The summed E-state index contributed by atoms with van der Waals surface area (Å²) in [4.78, 5) is 12.1. The number of sulfone groups is 1. The number of benzene rings is 2. The van der Waals surface area contributed by atoms with Gasteiger partial charge in [0.2, 0.25) is 5.91 Å². The monoisotopic (exact) mass is 385 g/mol. The molecule has 0 unspecified atom stereocenters. The fourth-order valence-electron chi connectivity index (χ4n) is 3.01. The molecular weight excluding hydrogens is 372 g/mol. The lowest BCUT2D eigenvalue weighted by Crippen LogP contribution is -2.26. The number of rotatable bonds is 4. The van der Waals surface area contributed by atoms with E-state index in [0.717, 1.165) is 12.1 Å². The molecule has 1 aliphatic carbocycles. The van der Waals surface area contributed by atoms with Gasteiger partial charge in [0.15, 0.2) is 9.84 Å². The van der Waals surface area contributed by atoms with Gasteiger partial charge in [0.05, 0.1) is 16.0 Å². The van der Waals surface area contributed by atoms with E-state index in [9.17, 15) is 22.0 Å². The zero-order valence-corrected chi connectivity index (χ0v) is 14.5. The minimum atomic E-state index is -3.93. The molecule has 0 saturated carbocycles. The highest BCUT2D eigenvalue weighted by molar-refractivity contribution is 7.92. The fraction of sp³-hybridized carbons (Fsp3) is 0.235. The van der Waals surface area contributed by atoms with Gasteiger partial charge in [0, 0.05) is 6.07 Å². The topological polar surface area (TPSA) is 63.2 Å². The van der Waals surface area contributed by atoms with E-state index in [2.05, 4.69) is 5.32 Å². The SMILES string of the molecule is O=C(CS(=O)(=O)[C@@H]1CCc2c(F)cc(F)cc21)Nc1ccccc1Cl. The molecule has 25 heavy (non-hydrogen) atoms. The second-order valence-corrected chi connectivity index (χ2v) is 8.41. The van der Waals surface area contributed by atoms with Gasteiger partial charge in [-0.15, -0.1) is 0 Å². The molecule has 0 aliphatic heterocycles. The minimum absolute atomic E-state index is 0.100. The first kappa shape index (κ1) is 17.8. The summed E-state index contributed by atoms with van der Waals surface area (Å²) in [5, 5.41) is 1.63. The quantitative estimate of drug-likeness (QED) is 0.873. The molecule has 1 aliphatic rings. The van der Waals surface area contributed by atoms with Crippen molar-refractivity contribution in [3.63, 3.8) is 0 Å². The molecule has 0 fully saturated rings. The van der Waals surface area contributed by atoms with Gasteiger partial charge in [-0.3, -0.25) is 4.79 Å². The van der Waals surface area contributed by atoms with Gasteiger partial charge >= 0.3 is 0 Å². The van der Waals surface area contributed by atoms with Crippen LogP contribution in [-0.2, 0) is 21.1 Å². The summed E-state index contributed by atoms with van der Waals surface area (Å²) in [5.41, 5.74) is 0.595. The largest absolute Gasteiger partial charge is 0.324 e. The number of carbonyl (C=O) groups excluding carboxylic acids is 1. The van der Waals surface area contributed by atoms with Crippen molar-refractivity contribution in [3.05, 3.63) is 64.2 Å². The van der Waals surface area contributed by atoms with Crippen molar-refractivity contribution in [1.82, 2.24) is 0 Å². The molecule has 0 spiro atoms. The Balaban J connectivity index is 1.80. The van der Waals surface area contributed by atoms with Crippen LogP contribution >= 0.6 is 11.6 Å². The van der Waals surface area contributed by atoms with Crippen molar-refractivity contribution in [3.8, 4) is 0 Å². The van der Waals surface area contributed by atoms with Gasteiger partial charge in [-0.1, -0.05) is 23.7 Å². The molecule has 0 radical (unpaired) electrons. The maximum atomic E-state index is 13.8. The first-order chi connectivity index (χ1) is 11.8. The lowest BCUT2D eigenvalue weighted by Gasteiger charge is -2.14. The van der Waals surface area contributed by atoms with Crippen LogP contribution in [-0.4, -0.2) is 20.1 Å². The van der Waals surface area contributed by atoms with Crippen molar-refractivity contribution in [1.29, 1.82) is 0 Å². The number of hydrogen-bond donors (Lipinski definition) is 1. The molecule has 0 heterocycles. The molecule has 132 valence electrons. The van der Waals surface area contributed by atoms with Gasteiger partial charge in [-0.25, -0.2) is 17.2 Å². The normalized spacial score (nSPS) is 16.5. The maximum Gasteiger partial charge on any atom is 0.239 e. The first-order valence-electron chi connectivity index (χ1n) is 7.51. The smallest absolute Gasteiger partial charge is 0.239 e. The summed E-state index contributed by atoms with van der Waals surface area (Å²) in [6.45, 7) is 0. The molecule has 0 aromatic heterocycles. The van der Waals surface area contributed by atoms with Crippen molar-refractivity contribution < 1.29 is 22.0 Å². The Labute approximate surface area is 148 Å². The van der Waals surface area contributed by atoms with E-state index in [4.69, 9.17) is 11.6 Å². The predicted molar refractivity (Wildman–Crippen MR) is 91.3 cm³/mol. The van der Waals surface area contributed by atoms with E-state index in [0.29, 0.717) is 5.69 Å². The molecular formula is C17H14ClF2NO3S. The fourth-order valence-corrected chi connectivity index (χ4v) is 4.91. The van der Waals surface area contributed by atoms with Crippen LogP contribution in [0.25, 0.3) is 0 Å². The third-order valence-corrected chi connectivity index (χ3v) is 6.46. The highest BCUT2D eigenvalue weighted by atomic mass is 35.5. The standard InChI is InChI=1S/C17H14ClF2NO3S/c18-13-3-1-2-4-15(13)21-17(22)9-25(23,24)16-6-5-11-12(16)7-10(19)8-14(11)20/h1-4,7-8,16H,5-6,9H2,(H,21,22)/t16-/m1/s1. The zero-order chi connectivity index (χ0) is 18.2. The van der Waals surface area contributed by atoms with Crippen LogP contribution in [0.15, 0.2) is 36.4 Å². The number of anilines is 1. The van der Waals surface area contributed by atoms with E-state index in [1.54, 1.807) is 24.3 Å². The van der Waals surface area contributed by atoms with Gasteiger partial charge in [0.25, 0.3) is 0 Å². The van der Waals surface area contributed by atoms with Gasteiger partial charge in [-0.2, -0.15) is 0 Å². The minimum Gasteiger partial charge on any atom is -0.324 e. The lowest BCUT2D eigenvalue weighted by molar-refractivity contribution is -0.113. The maximum absolute atomic E-state index is 13.8. The van der Waals surface area contributed by atoms with Crippen molar-refractivity contribution in [2.24, 2.45) is 0 Å². The van der Waals surface area contributed by atoms with E-state index >= 15 is 0 Å². The molecule has 1 amide bonds. The summed E-state index contributed by atoms with van der Waals surface area (Å²) < 4.78 is 52.4. The Morgan fingerprint density at radius 3 is 2.68 bits per heavy atom. The third kappa shape index (κ3) is 3.67. The van der Waals surface area contributed by atoms with Gasteiger partial charge < -0.3 is 5.32 Å². The van der Waals surface area contributed by atoms with Crippen molar-refractivity contribution in [2.75, 3.05) is 11.1 Å². The highest BCUT2D eigenvalue weighted by Gasteiger charge is 2.36. The number of amides is 1. The molecule has 4 nitrogen and oxygen atoms in total. The zero-order valence-electron chi connectivity index (χ0n) is 12.9. The Hall–Kier alpha value is -1.99. The second-order valence-electron chi connectivity index (χ2n) is 5.82. The predicted octanol–water partition coefficient (Wildman–Crippen LogP) is 3.66. The first-order valence-corrected chi connectivity index (χ1v) is 9.61. The van der Waals surface area contributed by atoms with Gasteiger partial charge in [0.1, 0.15) is 17.4 Å². The van der Waals surface area contributed by atoms with Crippen LogP contribution in [0.1, 0.15) is 22.8 Å². The Bertz CT molecular complexity index is 947. The average molecular weight is 386 g/mol. The van der Waals surface area contributed by atoms with Crippen molar-refractivity contribution >= 4 is 33.0 Å². The molecule has 0 bridgehead atoms. The Morgan fingerprint density at radius 2 is 1.96 bits per heavy atom. The summed E-state index contributed by atoms with van der Waals surface area (Å²) >= 11 is 5.92. The Kier molecular flexibility index (Phi) is 4.79. The highest BCUT2D eigenvalue weighted by Crippen LogP contribution is 2.39. The van der Waals surface area contributed by atoms with Crippen LogP contribution in [0.2, 0.25) is 5.02 Å². The number of hydrogen-bond acceptors (Lipinski definition) is 3. The second kappa shape index (κ2) is 6.72. The molecule has 3 rings (SSSR count). The van der Waals surface area contributed by atoms with Crippen LogP contribution < -0.4 is 5.32 Å². The van der Waals surface area contributed by atoms with Crippen LogP contribution in [0, 0.1) is 11.6 Å². The molecule has 2 aromatic carbocycles. The van der Waals surface area contributed by atoms with Crippen LogP contribution in [0.5, 0.6) is 0 Å². The van der Waals surface area contributed by atoms with Gasteiger partial charge in [-0.05, 0) is 42.2 Å². The number of halogens is 3. The summed E-state index contributed by atoms with van der Waals surface area (Å²) in [6, 6.07) is 8.19. The average Bonchev–Trinajstić information content (AvgIpc) is 2.94. The van der Waals surface area contributed by atoms with Crippen LogP contribution in [0.3, 0.4) is 0 Å².